The Kier molecular flexibility index (Phi) is 6.65. The van der Waals surface area contributed by atoms with Crippen molar-refractivity contribution >= 4 is 102 Å². The van der Waals surface area contributed by atoms with Crippen LogP contribution in [0.2, 0.25) is 39.3 Å². The van der Waals surface area contributed by atoms with Gasteiger partial charge in [0.2, 0.25) is 0 Å². The van der Waals surface area contributed by atoms with Crippen molar-refractivity contribution in [2.24, 2.45) is 0 Å². The van der Waals surface area contributed by atoms with Gasteiger partial charge in [0.1, 0.15) is 0 Å². The molecule has 0 spiro atoms. The fourth-order valence-corrected chi connectivity index (χ4v) is 11.0. The number of benzene rings is 8. The van der Waals surface area contributed by atoms with Gasteiger partial charge < -0.3 is 9.13 Å². The first kappa shape index (κ1) is 31.3. The molecule has 0 N–H and O–H groups in total. The van der Waals surface area contributed by atoms with Crippen LogP contribution in [0.5, 0.6) is 0 Å². The summed E-state index contributed by atoms with van der Waals surface area (Å²) in [5, 5.41) is 15.9. The Morgan fingerprint density at radius 1 is 0.327 bits per heavy atom. The summed E-state index contributed by atoms with van der Waals surface area (Å²) in [7, 11) is -3.02. The van der Waals surface area contributed by atoms with Gasteiger partial charge in [0.25, 0.3) is 0 Å². The van der Waals surface area contributed by atoms with Crippen LogP contribution in [0.3, 0.4) is 0 Å². The molecule has 0 saturated carbocycles. The first-order chi connectivity index (χ1) is 25.1. The maximum absolute atomic E-state index is 2.52. The van der Waals surface area contributed by atoms with Crippen LogP contribution in [0.25, 0.3) is 87.3 Å². The molecule has 0 aliphatic rings. The molecule has 0 bridgehead atoms. The van der Waals surface area contributed by atoms with E-state index in [2.05, 4.69) is 194 Å². The van der Waals surface area contributed by atoms with Gasteiger partial charge in [0.05, 0.1) is 49.6 Å². The van der Waals surface area contributed by atoms with Crippen molar-refractivity contribution in [1.29, 1.82) is 0 Å². The van der Waals surface area contributed by atoms with Gasteiger partial charge in [-0.05, 0) is 57.9 Å². The first-order valence-electron chi connectivity index (χ1n) is 18.5. The van der Waals surface area contributed by atoms with E-state index < -0.39 is 16.1 Å². The van der Waals surface area contributed by atoms with E-state index in [9.17, 15) is 0 Å². The molecule has 0 amide bonds. The van der Waals surface area contributed by atoms with Crippen LogP contribution in [0.4, 0.5) is 0 Å². The molecule has 2 aromatic heterocycles. The van der Waals surface area contributed by atoms with E-state index in [0.29, 0.717) is 0 Å². The second-order valence-electron chi connectivity index (χ2n) is 16.6. The molecule has 252 valence electrons. The fourth-order valence-electron chi connectivity index (χ4n) is 8.71. The molecule has 10 rings (SSSR count). The van der Waals surface area contributed by atoms with Crippen molar-refractivity contribution in [3.8, 4) is 11.4 Å². The molecule has 0 saturated heterocycles. The van der Waals surface area contributed by atoms with Crippen LogP contribution < -0.4 is 10.4 Å². The zero-order chi connectivity index (χ0) is 35.5. The predicted octanol–water partition coefficient (Wildman–Crippen LogP) is 12.4. The minimum Gasteiger partial charge on any atom is -0.309 e. The van der Waals surface area contributed by atoms with Gasteiger partial charge in [0, 0.05) is 32.3 Å². The van der Waals surface area contributed by atoms with E-state index in [4.69, 9.17) is 0 Å². The Labute approximate surface area is 306 Å². The number of fused-ring (bicyclic) bond motifs is 11. The standard InChI is InChI=1S/C48H42N2Si2/c1-51(2,3)32-23-25-44-40(29-32)36-17-11-13-21-42(36)49(44)46-27-31-28-47(35-16-8-10-20-39(35)48(31)38-19-9-7-15-34(38)46)50-43-22-14-12-18-37(43)41-30-33(52(4,5)6)24-26-45(41)50/h7-30H,1-6H3. The van der Waals surface area contributed by atoms with Crippen LogP contribution in [-0.4, -0.2) is 25.3 Å². The lowest BCUT2D eigenvalue weighted by molar-refractivity contribution is 1.20. The third-order valence-electron chi connectivity index (χ3n) is 11.4. The quantitative estimate of drug-likeness (QED) is 0.128. The van der Waals surface area contributed by atoms with Crippen molar-refractivity contribution in [2.75, 3.05) is 0 Å². The maximum Gasteiger partial charge on any atom is 0.0776 e. The molecule has 2 heterocycles. The van der Waals surface area contributed by atoms with Crippen molar-refractivity contribution in [3.63, 3.8) is 0 Å². The van der Waals surface area contributed by atoms with Crippen molar-refractivity contribution in [2.45, 2.75) is 39.3 Å². The van der Waals surface area contributed by atoms with Gasteiger partial charge in [-0.1, -0.05) is 159 Å². The second kappa shape index (κ2) is 11.0. The molecule has 8 aromatic carbocycles. The van der Waals surface area contributed by atoms with Crippen LogP contribution >= 0.6 is 0 Å². The third kappa shape index (κ3) is 4.54. The number of hydrogen-bond donors (Lipinski definition) is 0. The Morgan fingerprint density at radius 2 is 0.673 bits per heavy atom. The zero-order valence-electron chi connectivity index (χ0n) is 30.8. The van der Waals surface area contributed by atoms with E-state index in [1.165, 1.54) is 97.7 Å². The highest BCUT2D eigenvalue weighted by atomic mass is 28.3. The SMILES string of the molecule is C[Si](C)(C)c1ccc2c(c1)c1ccccc1n2-c1cc2cc(-n3c4ccccc4c4cc([Si](C)(C)C)ccc43)c3ccccc3c2c2ccccc12. The van der Waals surface area contributed by atoms with Gasteiger partial charge in [-0.2, -0.15) is 0 Å². The van der Waals surface area contributed by atoms with E-state index in [1.54, 1.807) is 0 Å². The summed E-state index contributed by atoms with van der Waals surface area (Å²) in [6.45, 7) is 14.6. The van der Waals surface area contributed by atoms with E-state index >= 15 is 0 Å². The van der Waals surface area contributed by atoms with Gasteiger partial charge in [-0.15, -0.1) is 0 Å². The van der Waals surface area contributed by atoms with Crippen molar-refractivity contribution in [1.82, 2.24) is 9.13 Å². The summed E-state index contributed by atoms with van der Waals surface area (Å²) in [6, 6.07) is 55.4. The molecule has 0 unspecified atom stereocenters. The van der Waals surface area contributed by atoms with Crippen molar-refractivity contribution in [3.05, 3.63) is 146 Å². The van der Waals surface area contributed by atoms with Crippen LogP contribution in [-0.2, 0) is 0 Å². The first-order valence-corrected chi connectivity index (χ1v) is 25.5. The predicted molar refractivity (Wildman–Crippen MR) is 234 cm³/mol. The zero-order valence-corrected chi connectivity index (χ0v) is 32.8. The summed E-state index contributed by atoms with van der Waals surface area (Å²) < 4.78 is 5.04. The Hall–Kier alpha value is -5.43. The largest absolute Gasteiger partial charge is 0.309 e. The molecule has 10 aromatic rings. The smallest absolute Gasteiger partial charge is 0.0776 e. The van der Waals surface area contributed by atoms with Crippen molar-refractivity contribution < 1.29 is 0 Å². The molecule has 0 atom stereocenters. The Balaban J connectivity index is 1.35. The summed E-state index contributed by atoms with van der Waals surface area (Å²) in [5.74, 6) is 0. The number of rotatable bonds is 4. The molecule has 0 fully saturated rings. The monoisotopic (exact) mass is 702 g/mol. The average molecular weight is 703 g/mol. The Morgan fingerprint density at radius 3 is 1.08 bits per heavy atom. The molecule has 0 aliphatic heterocycles. The molecular formula is C48H42N2Si2. The summed E-state index contributed by atoms with van der Waals surface area (Å²) in [4.78, 5) is 0. The number of para-hydroxylation sites is 2. The Bertz CT molecular complexity index is 2890. The number of aromatic nitrogens is 2. The highest BCUT2D eigenvalue weighted by Crippen LogP contribution is 2.43. The number of hydrogen-bond acceptors (Lipinski definition) is 0. The third-order valence-corrected chi connectivity index (χ3v) is 15.5. The highest BCUT2D eigenvalue weighted by Gasteiger charge is 2.23. The summed E-state index contributed by atoms with van der Waals surface area (Å²) in [5.41, 5.74) is 7.45. The molecule has 0 radical (unpaired) electrons. The summed E-state index contributed by atoms with van der Waals surface area (Å²) in [6.07, 6.45) is 0. The minimum atomic E-state index is -1.51. The molecular weight excluding hydrogens is 661 g/mol. The molecule has 4 heteroatoms. The topological polar surface area (TPSA) is 9.86 Å². The average Bonchev–Trinajstić information content (AvgIpc) is 3.65. The van der Waals surface area contributed by atoms with E-state index in [-0.39, 0.29) is 0 Å². The van der Waals surface area contributed by atoms with Crippen LogP contribution in [0.1, 0.15) is 0 Å². The van der Waals surface area contributed by atoms with E-state index in [0.717, 1.165) is 0 Å². The molecule has 2 nitrogen and oxygen atoms in total. The highest BCUT2D eigenvalue weighted by molar-refractivity contribution is 6.89. The minimum absolute atomic E-state index is 1.22. The molecule has 0 aliphatic carbocycles. The van der Waals surface area contributed by atoms with E-state index in [1.807, 2.05) is 0 Å². The van der Waals surface area contributed by atoms with Gasteiger partial charge in [-0.25, -0.2) is 0 Å². The van der Waals surface area contributed by atoms with Crippen LogP contribution in [0.15, 0.2) is 146 Å². The number of nitrogens with zero attached hydrogens (tertiary/aromatic N) is 2. The maximum atomic E-state index is 2.52. The lowest BCUT2D eigenvalue weighted by atomic mass is 9.94. The van der Waals surface area contributed by atoms with Gasteiger partial charge in [-0.3, -0.25) is 0 Å². The molecule has 52 heavy (non-hydrogen) atoms. The van der Waals surface area contributed by atoms with Gasteiger partial charge in [0.15, 0.2) is 0 Å². The summed E-state index contributed by atoms with van der Waals surface area (Å²) >= 11 is 0. The fraction of sp³-hybridized carbons (Fsp3) is 0.125. The van der Waals surface area contributed by atoms with Gasteiger partial charge >= 0.3 is 0 Å². The van der Waals surface area contributed by atoms with Crippen LogP contribution in [0, 0.1) is 0 Å². The normalized spacial score (nSPS) is 12.8. The second-order valence-corrected chi connectivity index (χ2v) is 26.8. The lowest BCUT2D eigenvalue weighted by Gasteiger charge is -2.19. The lowest BCUT2D eigenvalue weighted by Crippen LogP contribution is -2.37.